The summed E-state index contributed by atoms with van der Waals surface area (Å²) in [5, 5.41) is 0. The molecule has 0 radical (unpaired) electrons. The number of carbonyl (C=O) groups is 1. The van der Waals surface area contributed by atoms with Gasteiger partial charge in [-0.2, -0.15) is 0 Å². The van der Waals surface area contributed by atoms with Gasteiger partial charge in [-0.3, -0.25) is 4.79 Å². The van der Waals surface area contributed by atoms with Crippen LogP contribution in [0.25, 0.3) is 0 Å². The van der Waals surface area contributed by atoms with Gasteiger partial charge in [-0.25, -0.2) is 0 Å². The Morgan fingerprint density at radius 3 is 2.62 bits per heavy atom. The molecule has 0 amide bonds. The van der Waals surface area contributed by atoms with Crippen molar-refractivity contribution in [3.63, 3.8) is 0 Å². The summed E-state index contributed by atoms with van der Waals surface area (Å²) in [7, 11) is 0. The summed E-state index contributed by atoms with van der Waals surface area (Å²) in [6.07, 6.45) is 4.00. The Hall–Kier alpha value is -1.57. The lowest BCUT2D eigenvalue weighted by Gasteiger charge is -1.97. The van der Waals surface area contributed by atoms with Crippen LogP contribution in [0.15, 0.2) is 42.6 Å². The van der Waals surface area contributed by atoms with E-state index in [1.807, 2.05) is 30.3 Å². The highest BCUT2D eigenvalue weighted by Gasteiger charge is 1.96. The third-order valence-electron chi connectivity index (χ3n) is 1.79. The maximum absolute atomic E-state index is 11.0. The summed E-state index contributed by atoms with van der Waals surface area (Å²) < 4.78 is 0. The van der Waals surface area contributed by atoms with E-state index in [0.29, 0.717) is 6.42 Å². The Kier molecular flexibility index (Phi) is 3.76. The minimum atomic E-state index is 0.0753. The van der Waals surface area contributed by atoms with Gasteiger partial charge in [-0.15, -0.1) is 0 Å². The first-order valence-electron chi connectivity index (χ1n) is 4.28. The van der Waals surface area contributed by atoms with Gasteiger partial charge >= 0.3 is 0 Å². The minimum Gasteiger partial charge on any atom is -0.404 e. The van der Waals surface area contributed by atoms with Gasteiger partial charge in [0, 0.05) is 6.42 Å². The fourth-order valence-corrected chi connectivity index (χ4v) is 1.10. The van der Waals surface area contributed by atoms with Gasteiger partial charge in [0.2, 0.25) is 0 Å². The SMILES string of the molecule is N/C=C/C(=O)CCc1ccccc1. The number of hydrogen-bond donors (Lipinski definition) is 1. The van der Waals surface area contributed by atoms with E-state index in [-0.39, 0.29) is 5.78 Å². The largest absolute Gasteiger partial charge is 0.404 e. The Labute approximate surface area is 78.1 Å². The predicted molar refractivity (Wildman–Crippen MR) is 53.1 cm³/mol. The van der Waals surface area contributed by atoms with Crippen molar-refractivity contribution in [1.29, 1.82) is 0 Å². The fourth-order valence-electron chi connectivity index (χ4n) is 1.10. The molecule has 0 aliphatic heterocycles. The number of benzene rings is 1. The standard InChI is InChI=1S/C11H13NO/c12-9-8-11(13)7-6-10-4-2-1-3-5-10/h1-5,8-9H,6-7,12H2/b9-8+. The molecule has 0 saturated carbocycles. The molecule has 2 N–H and O–H groups in total. The average Bonchev–Trinajstić information content (AvgIpc) is 2.17. The Morgan fingerprint density at radius 1 is 1.31 bits per heavy atom. The third kappa shape index (κ3) is 3.56. The zero-order valence-corrected chi connectivity index (χ0v) is 7.44. The Bertz CT molecular complexity index is 290. The first kappa shape index (κ1) is 9.52. The van der Waals surface area contributed by atoms with E-state index in [2.05, 4.69) is 0 Å². The highest BCUT2D eigenvalue weighted by atomic mass is 16.1. The van der Waals surface area contributed by atoms with Crippen molar-refractivity contribution in [1.82, 2.24) is 0 Å². The Morgan fingerprint density at radius 2 is 2.00 bits per heavy atom. The molecule has 0 aromatic heterocycles. The number of hydrogen-bond acceptors (Lipinski definition) is 2. The maximum Gasteiger partial charge on any atom is 0.157 e. The second-order valence-electron chi connectivity index (χ2n) is 2.81. The number of carbonyl (C=O) groups excluding carboxylic acids is 1. The smallest absolute Gasteiger partial charge is 0.157 e. The summed E-state index contributed by atoms with van der Waals surface area (Å²) in [5.41, 5.74) is 6.28. The van der Waals surface area contributed by atoms with Gasteiger partial charge in [0.05, 0.1) is 0 Å². The van der Waals surface area contributed by atoms with Crippen molar-refractivity contribution in [2.45, 2.75) is 12.8 Å². The van der Waals surface area contributed by atoms with Crippen molar-refractivity contribution >= 4 is 5.78 Å². The number of rotatable bonds is 4. The molecule has 13 heavy (non-hydrogen) atoms. The van der Waals surface area contributed by atoms with Gasteiger partial charge in [0.15, 0.2) is 5.78 Å². The first-order valence-corrected chi connectivity index (χ1v) is 4.28. The fraction of sp³-hybridized carbons (Fsp3) is 0.182. The van der Waals surface area contributed by atoms with E-state index < -0.39 is 0 Å². The molecule has 2 nitrogen and oxygen atoms in total. The molecule has 0 bridgehead atoms. The van der Waals surface area contributed by atoms with Gasteiger partial charge in [-0.05, 0) is 24.3 Å². The number of aryl methyl sites for hydroxylation is 1. The highest BCUT2D eigenvalue weighted by molar-refractivity contribution is 5.89. The predicted octanol–water partition coefficient (Wildman–Crippen LogP) is 1.66. The minimum absolute atomic E-state index is 0.0753. The zero-order chi connectivity index (χ0) is 9.52. The third-order valence-corrected chi connectivity index (χ3v) is 1.79. The number of ketones is 1. The molecular formula is C11H13NO. The quantitative estimate of drug-likeness (QED) is 0.707. The van der Waals surface area contributed by atoms with Crippen molar-refractivity contribution in [3.8, 4) is 0 Å². The maximum atomic E-state index is 11.0. The molecular weight excluding hydrogens is 162 g/mol. The molecule has 0 saturated heterocycles. The molecule has 1 rings (SSSR count). The van der Waals surface area contributed by atoms with Crippen LogP contribution in [-0.2, 0) is 11.2 Å². The van der Waals surface area contributed by atoms with Gasteiger partial charge in [-0.1, -0.05) is 30.3 Å². The van der Waals surface area contributed by atoms with Crippen molar-refractivity contribution in [2.24, 2.45) is 5.73 Å². The van der Waals surface area contributed by atoms with Crippen LogP contribution in [0.3, 0.4) is 0 Å². The summed E-state index contributed by atoms with van der Waals surface area (Å²) >= 11 is 0. The van der Waals surface area contributed by atoms with Crippen LogP contribution >= 0.6 is 0 Å². The second kappa shape index (κ2) is 5.14. The van der Waals surface area contributed by atoms with E-state index in [0.717, 1.165) is 6.42 Å². The van der Waals surface area contributed by atoms with E-state index in [1.54, 1.807) is 0 Å². The average molecular weight is 175 g/mol. The van der Waals surface area contributed by atoms with Crippen molar-refractivity contribution < 1.29 is 4.79 Å². The summed E-state index contributed by atoms with van der Waals surface area (Å²) in [6.45, 7) is 0. The molecule has 2 heteroatoms. The summed E-state index contributed by atoms with van der Waals surface area (Å²) in [5.74, 6) is 0.0753. The van der Waals surface area contributed by atoms with Crippen molar-refractivity contribution in [2.75, 3.05) is 0 Å². The van der Waals surface area contributed by atoms with E-state index >= 15 is 0 Å². The monoisotopic (exact) mass is 175 g/mol. The van der Waals surface area contributed by atoms with Gasteiger partial charge in [0.25, 0.3) is 0 Å². The molecule has 0 atom stereocenters. The zero-order valence-electron chi connectivity index (χ0n) is 7.44. The van der Waals surface area contributed by atoms with Crippen LogP contribution in [-0.4, -0.2) is 5.78 Å². The van der Waals surface area contributed by atoms with Crippen molar-refractivity contribution in [3.05, 3.63) is 48.2 Å². The molecule has 0 fully saturated rings. The molecule has 0 unspecified atom stereocenters. The van der Waals surface area contributed by atoms with Gasteiger partial charge < -0.3 is 5.73 Å². The van der Waals surface area contributed by atoms with Gasteiger partial charge in [0.1, 0.15) is 0 Å². The van der Waals surface area contributed by atoms with E-state index in [9.17, 15) is 4.79 Å². The molecule has 1 aromatic carbocycles. The number of allylic oxidation sites excluding steroid dienone is 1. The summed E-state index contributed by atoms with van der Waals surface area (Å²) in [6, 6.07) is 9.93. The molecule has 68 valence electrons. The molecule has 1 aromatic rings. The second-order valence-corrected chi connectivity index (χ2v) is 2.81. The normalized spacial score (nSPS) is 10.5. The number of nitrogens with two attached hydrogens (primary N) is 1. The van der Waals surface area contributed by atoms with Crippen LogP contribution in [0, 0.1) is 0 Å². The topological polar surface area (TPSA) is 43.1 Å². The lowest BCUT2D eigenvalue weighted by molar-refractivity contribution is -0.114. The van der Waals surface area contributed by atoms with Crippen LogP contribution in [0.4, 0.5) is 0 Å². The van der Waals surface area contributed by atoms with E-state index in [1.165, 1.54) is 17.8 Å². The summed E-state index contributed by atoms with van der Waals surface area (Å²) in [4.78, 5) is 11.0. The first-order chi connectivity index (χ1) is 6.33. The molecule has 0 spiro atoms. The van der Waals surface area contributed by atoms with Crippen LogP contribution in [0.2, 0.25) is 0 Å². The molecule has 0 aliphatic carbocycles. The van der Waals surface area contributed by atoms with E-state index in [4.69, 9.17) is 5.73 Å². The lowest BCUT2D eigenvalue weighted by atomic mass is 10.1. The lowest BCUT2D eigenvalue weighted by Crippen LogP contribution is -1.96. The van der Waals surface area contributed by atoms with Crippen LogP contribution in [0.5, 0.6) is 0 Å². The van der Waals surface area contributed by atoms with Crippen LogP contribution < -0.4 is 5.73 Å². The molecule has 0 heterocycles. The highest BCUT2D eigenvalue weighted by Crippen LogP contribution is 2.02. The Balaban J connectivity index is 2.40. The molecule has 0 aliphatic rings. The van der Waals surface area contributed by atoms with Crippen LogP contribution in [0.1, 0.15) is 12.0 Å².